The summed E-state index contributed by atoms with van der Waals surface area (Å²) in [6.07, 6.45) is 5.78. The van der Waals surface area contributed by atoms with Crippen molar-refractivity contribution >= 4 is 17.2 Å². The third-order valence-electron chi connectivity index (χ3n) is 3.46. The summed E-state index contributed by atoms with van der Waals surface area (Å²) >= 11 is 5.92. The van der Waals surface area contributed by atoms with E-state index in [1.165, 1.54) is 17.6 Å². The second-order valence-electron chi connectivity index (χ2n) is 5.20. The summed E-state index contributed by atoms with van der Waals surface area (Å²) in [5.41, 5.74) is 2.99. The van der Waals surface area contributed by atoms with Gasteiger partial charge in [0.2, 0.25) is 0 Å². The molecule has 1 aliphatic carbocycles. The molecule has 0 saturated heterocycles. The summed E-state index contributed by atoms with van der Waals surface area (Å²) in [7, 11) is 1.78. The Hall–Kier alpha value is -0.790. The van der Waals surface area contributed by atoms with Crippen LogP contribution in [0, 0.1) is 5.41 Å². The number of allylic oxidation sites excluding steroid dienone is 2. The highest BCUT2D eigenvalue weighted by atomic mass is 35.5. The van der Waals surface area contributed by atoms with Crippen molar-refractivity contribution in [3.8, 4) is 0 Å². The summed E-state index contributed by atoms with van der Waals surface area (Å²) < 4.78 is 5.34. The maximum Gasteiger partial charge on any atom is 0.0519 e. The van der Waals surface area contributed by atoms with E-state index in [2.05, 4.69) is 25.1 Å². The number of halogens is 1. The Morgan fingerprint density at radius 1 is 1.29 bits per heavy atom. The predicted octanol–water partition coefficient (Wildman–Crippen LogP) is 4.56. The van der Waals surface area contributed by atoms with Crippen LogP contribution in [0.1, 0.15) is 31.7 Å². The van der Waals surface area contributed by atoms with Crippen LogP contribution < -0.4 is 0 Å². The summed E-state index contributed by atoms with van der Waals surface area (Å²) in [5, 5.41) is 0.796. The van der Waals surface area contributed by atoms with Crippen molar-refractivity contribution in [2.75, 3.05) is 13.7 Å². The van der Waals surface area contributed by atoms with Crippen LogP contribution in [0.3, 0.4) is 0 Å². The predicted molar refractivity (Wildman–Crippen MR) is 73.3 cm³/mol. The molecule has 1 aliphatic rings. The summed E-state index contributed by atoms with van der Waals surface area (Å²) in [6, 6.07) is 8.12. The normalized spacial score (nSPS) is 24.5. The first kappa shape index (κ1) is 12.7. The molecule has 0 heterocycles. The van der Waals surface area contributed by atoms with Gasteiger partial charge in [0.15, 0.2) is 0 Å². The van der Waals surface area contributed by atoms with Crippen LogP contribution >= 0.6 is 11.6 Å². The highest BCUT2D eigenvalue weighted by Crippen LogP contribution is 2.40. The minimum absolute atomic E-state index is 0.276. The van der Waals surface area contributed by atoms with Crippen LogP contribution in [-0.2, 0) is 4.74 Å². The minimum Gasteiger partial charge on any atom is -0.384 e. The summed E-state index contributed by atoms with van der Waals surface area (Å²) in [4.78, 5) is 0. The summed E-state index contributed by atoms with van der Waals surface area (Å²) in [6.45, 7) is 3.14. The number of rotatable bonds is 3. The van der Waals surface area contributed by atoms with Crippen LogP contribution in [0.5, 0.6) is 0 Å². The van der Waals surface area contributed by atoms with Crippen molar-refractivity contribution in [2.24, 2.45) is 5.41 Å². The first-order valence-corrected chi connectivity index (χ1v) is 6.45. The van der Waals surface area contributed by atoms with E-state index in [1.807, 2.05) is 12.1 Å². The van der Waals surface area contributed by atoms with Crippen molar-refractivity contribution in [3.63, 3.8) is 0 Å². The second kappa shape index (κ2) is 5.24. The van der Waals surface area contributed by atoms with Crippen molar-refractivity contribution in [1.82, 2.24) is 0 Å². The molecule has 1 unspecified atom stereocenters. The van der Waals surface area contributed by atoms with E-state index in [0.29, 0.717) is 0 Å². The zero-order valence-electron chi connectivity index (χ0n) is 10.5. The molecule has 17 heavy (non-hydrogen) atoms. The van der Waals surface area contributed by atoms with Crippen LogP contribution in [0.4, 0.5) is 0 Å². The third-order valence-corrected chi connectivity index (χ3v) is 3.72. The number of hydrogen-bond acceptors (Lipinski definition) is 1. The molecule has 0 N–H and O–H groups in total. The first-order valence-electron chi connectivity index (χ1n) is 6.07. The Kier molecular flexibility index (Phi) is 3.90. The van der Waals surface area contributed by atoms with Crippen molar-refractivity contribution < 1.29 is 4.74 Å². The van der Waals surface area contributed by atoms with Crippen LogP contribution in [0.2, 0.25) is 5.02 Å². The minimum atomic E-state index is 0.276. The molecule has 1 aromatic carbocycles. The molecule has 1 aromatic rings. The van der Waals surface area contributed by atoms with Gasteiger partial charge < -0.3 is 4.74 Å². The number of methoxy groups -OCH3 is 1. The lowest BCUT2D eigenvalue weighted by atomic mass is 9.74. The quantitative estimate of drug-likeness (QED) is 0.764. The molecular weight excluding hydrogens is 232 g/mol. The Morgan fingerprint density at radius 2 is 2.00 bits per heavy atom. The SMILES string of the molecule is COCC1(C)CCC=C(c2ccc(Cl)cc2)C1. The molecule has 0 saturated carbocycles. The van der Waals surface area contributed by atoms with Crippen LogP contribution in [0.25, 0.3) is 5.57 Å². The van der Waals surface area contributed by atoms with Crippen molar-refractivity contribution in [1.29, 1.82) is 0 Å². The Balaban J connectivity index is 2.17. The lowest BCUT2D eigenvalue weighted by Crippen LogP contribution is -2.25. The van der Waals surface area contributed by atoms with Crippen molar-refractivity contribution in [2.45, 2.75) is 26.2 Å². The molecule has 1 nitrogen and oxygen atoms in total. The van der Waals surface area contributed by atoms with Gasteiger partial charge in [0, 0.05) is 12.1 Å². The number of ether oxygens (including phenoxy) is 1. The van der Waals surface area contributed by atoms with Gasteiger partial charge in [-0.05, 0) is 47.9 Å². The highest BCUT2D eigenvalue weighted by molar-refractivity contribution is 6.30. The van der Waals surface area contributed by atoms with Gasteiger partial charge >= 0.3 is 0 Å². The molecule has 0 bridgehead atoms. The lowest BCUT2D eigenvalue weighted by Gasteiger charge is -2.33. The van der Waals surface area contributed by atoms with Gasteiger partial charge in [0.25, 0.3) is 0 Å². The highest BCUT2D eigenvalue weighted by Gasteiger charge is 2.28. The van der Waals surface area contributed by atoms with E-state index in [0.717, 1.165) is 24.5 Å². The molecule has 0 spiro atoms. The number of hydrogen-bond donors (Lipinski definition) is 0. The van der Waals surface area contributed by atoms with Gasteiger partial charge in [0.05, 0.1) is 6.61 Å². The summed E-state index contributed by atoms with van der Waals surface area (Å²) in [5.74, 6) is 0. The van der Waals surface area contributed by atoms with Crippen LogP contribution in [-0.4, -0.2) is 13.7 Å². The zero-order valence-corrected chi connectivity index (χ0v) is 11.3. The largest absolute Gasteiger partial charge is 0.384 e. The maximum absolute atomic E-state index is 5.92. The van der Waals surface area contributed by atoms with E-state index < -0.39 is 0 Å². The molecule has 1 atom stereocenters. The molecule has 0 aliphatic heterocycles. The third kappa shape index (κ3) is 3.11. The maximum atomic E-state index is 5.92. The van der Waals surface area contributed by atoms with E-state index in [-0.39, 0.29) is 5.41 Å². The lowest BCUT2D eigenvalue weighted by molar-refractivity contribution is 0.0871. The molecule has 92 valence electrons. The fourth-order valence-electron chi connectivity index (χ4n) is 2.57. The van der Waals surface area contributed by atoms with Gasteiger partial charge in [-0.1, -0.05) is 36.7 Å². The van der Waals surface area contributed by atoms with Crippen molar-refractivity contribution in [3.05, 3.63) is 40.9 Å². The molecule has 2 rings (SSSR count). The second-order valence-corrected chi connectivity index (χ2v) is 5.63. The molecule has 2 heteroatoms. The van der Waals surface area contributed by atoms with Gasteiger partial charge in [-0.2, -0.15) is 0 Å². The van der Waals surface area contributed by atoms with E-state index >= 15 is 0 Å². The fraction of sp³-hybridized carbons (Fsp3) is 0.467. The Morgan fingerprint density at radius 3 is 2.65 bits per heavy atom. The monoisotopic (exact) mass is 250 g/mol. The zero-order chi connectivity index (χ0) is 12.3. The van der Waals surface area contributed by atoms with Gasteiger partial charge in [-0.15, -0.1) is 0 Å². The first-order chi connectivity index (χ1) is 8.13. The molecule has 0 fully saturated rings. The van der Waals surface area contributed by atoms with Crippen LogP contribution in [0.15, 0.2) is 30.3 Å². The Labute approximate surface area is 108 Å². The van der Waals surface area contributed by atoms with Gasteiger partial charge in [-0.25, -0.2) is 0 Å². The molecular formula is C15H19ClO. The number of benzene rings is 1. The topological polar surface area (TPSA) is 9.23 Å². The van der Waals surface area contributed by atoms with E-state index in [1.54, 1.807) is 7.11 Å². The standard InChI is InChI=1S/C15H19ClO/c1-15(11-17-2)9-3-4-13(10-15)12-5-7-14(16)8-6-12/h4-8H,3,9-11H2,1-2H3. The average molecular weight is 251 g/mol. The smallest absolute Gasteiger partial charge is 0.0519 e. The average Bonchev–Trinajstić information content (AvgIpc) is 2.30. The fourth-order valence-corrected chi connectivity index (χ4v) is 2.70. The Bertz CT molecular complexity index is 407. The van der Waals surface area contributed by atoms with E-state index in [4.69, 9.17) is 16.3 Å². The molecule has 0 radical (unpaired) electrons. The van der Waals surface area contributed by atoms with Gasteiger partial charge in [0.1, 0.15) is 0 Å². The molecule has 0 aromatic heterocycles. The molecule has 0 amide bonds. The van der Waals surface area contributed by atoms with Gasteiger partial charge in [-0.3, -0.25) is 0 Å². The van der Waals surface area contributed by atoms with E-state index in [9.17, 15) is 0 Å².